The van der Waals surface area contributed by atoms with Gasteiger partial charge in [0.25, 0.3) is 0 Å². The number of hydrogen-bond acceptors (Lipinski definition) is 2. The molecule has 2 atom stereocenters. The Kier molecular flexibility index (Phi) is 2.33. The maximum absolute atomic E-state index is 6.20. The third kappa shape index (κ3) is 1.18. The monoisotopic (exact) mass is 210 g/mol. The molecule has 86 valence electrons. The summed E-state index contributed by atoms with van der Waals surface area (Å²) in [6, 6.07) is 0. The molecular weight excluding hydrogens is 188 g/mol. The molecule has 3 aliphatic rings. The van der Waals surface area contributed by atoms with E-state index in [0.29, 0.717) is 5.92 Å². The lowest BCUT2D eigenvalue weighted by Gasteiger charge is -2.54. The van der Waals surface area contributed by atoms with Crippen LogP contribution in [0.25, 0.3) is 0 Å². The molecule has 1 saturated heterocycles. The minimum atomic E-state index is 0.115. The average Bonchev–Trinajstić information content (AvgIpc) is 2.42. The van der Waals surface area contributed by atoms with E-state index in [1.807, 2.05) is 0 Å². The van der Waals surface area contributed by atoms with Crippen LogP contribution in [0.5, 0.6) is 0 Å². The molecule has 1 heterocycles. The van der Waals surface area contributed by atoms with Crippen molar-refractivity contribution in [3.05, 3.63) is 0 Å². The van der Waals surface area contributed by atoms with E-state index < -0.39 is 0 Å². The number of hydrogen-bond donors (Lipinski definition) is 0. The Morgan fingerprint density at radius 1 is 1.20 bits per heavy atom. The van der Waals surface area contributed by atoms with Gasteiger partial charge in [0, 0.05) is 12.5 Å². The van der Waals surface area contributed by atoms with Crippen LogP contribution in [-0.4, -0.2) is 24.4 Å². The molecule has 0 radical (unpaired) electrons. The van der Waals surface area contributed by atoms with Gasteiger partial charge in [-0.15, -0.1) is 0 Å². The molecule has 0 amide bonds. The molecule has 2 saturated carbocycles. The van der Waals surface area contributed by atoms with Crippen LogP contribution in [0.2, 0.25) is 0 Å². The van der Waals surface area contributed by atoms with Gasteiger partial charge in [-0.3, -0.25) is 0 Å². The van der Waals surface area contributed by atoms with Gasteiger partial charge < -0.3 is 9.47 Å². The van der Waals surface area contributed by atoms with Crippen LogP contribution in [0.1, 0.15) is 51.9 Å². The first-order chi connectivity index (χ1) is 7.33. The zero-order valence-corrected chi connectivity index (χ0v) is 9.76. The van der Waals surface area contributed by atoms with Gasteiger partial charge in [-0.05, 0) is 32.6 Å². The summed E-state index contributed by atoms with van der Waals surface area (Å²) in [7, 11) is 0. The maximum Gasteiger partial charge on any atom is 0.102 e. The third-order valence-corrected chi connectivity index (χ3v) is 4.92. The lowest BCUT2D eigenvalue weighted by atomic mass is 9.59. The minimum Gasteiger partial charge on any atom is -0.372 e. The van der Waals surface area contributed by atoms with Crippen molar-refractivity contribution in [2.75, 3.05) is 13.2 Å². The molecule has 2 heteroatoms. The Morgan fingerprint density at radius 3 is 2.60 bits per heavy atom. The molecule has 2 aliphatic carbocycles. The molecule has 1 aliphatic heterocycles. The SMILES string of the molecule is CCOC12CCC1COC21CCCCC1. The van der Waals surface area contributed by atoms with Crippen molar-refractivity contribution in [2.24, 2.45) is 5.92 Å². The highest BCUT2D eigenvalue weighted by molar-refractivity contribution is 5.16. The fraction of sp³-hybridized carbons (Fsp3) is 1.00. The fourth-order valence-electron chi connectivity index (χ4n) is 4.08. The van der Waals surface area contributed by atoms with Gasteiger partial charge in [0.15, 0.2) is 0 Å². The molecule has 0 aromatic rings. The first-order valence-electron chi connectivity index (χ1n) is 6.61. The Morgan fingerprint density at radius 2 is 2.00 bits per heavy atom. The summed E-state index contributed by atoms with van der Waals surface area (Å²) in [5.74, 6) is 0.704. The van der Waals surface area contributed by atoms with Crippen molar-refractivity contribution in [3.63, 3.8) is 0 Å². The smallest absolute Gasteiger partial charge is 0.102 e. The van der Waals surface area contributed by atoms with E-state index in [9.17, 15) is 0 Å². The molecule has 3 fully saturated rings. The van der Waals surface area contributed by atoms with Gasteiger partial charge in [-0.2, -0.15) is 0 Å². The summed E-state index contributed by atoms with van der Waals surface area (Å²) >= 11 is 0. The number of ether oxygens (including phenoxy) is 2. The van der Waals surface area contributed by atoms with E-state index in [2.05, 4.69) is 6.92 Å². The van der Waals surface area contributed by atoms with Crippen LogP contribution in [0.4, 0.5) is 0 Å². The van der Waals surface area contributed by atoms with Crippen LogP contribution in [0.3, 0.4) is 0 Å². The Bertz CT molecular complexity index is 236. The summed E-state index contributed by atoms with van der Waals surface area (Å²) in [5, 5.41) is 0. The molecule has 0 bridgehead atoms. The molecule has 2 unspecified atom stereocenters. The second kappa shape index (κ2) is 3.46. The Balaban J connectivity index is 1.87. The molecule has 0 aromatic carbocycles. The first kappa shape index (κ1) is 10.1. The van der Waals surface area contributed by atoms with Crippen LogP contribution < -0.4 is 0 Å². The number of rotatable bonds is 2. The fourth-order valence-corrected chi connectivity index (χ4v) is 4.08. The van der Waals surface area contributed by atoms with E-state index in [0.717, 1.165) is 13.2 Å². The summed E-state index contributed by atoms with van der Waals surface area (Å²) in [6.45, 7) is 3.93. The highest BCUT2D eigenvalue weighted by Crippen LogP contribution is 2.59. The zero-order chi connectivity index (χ0) is 10.4. The first-order valence-corrected chi connectivity index (χ1v) is 6.61. The average molecular weight is 210 g/mol. The summed E-state index contributed by atoms with van der Waals surface area (Å²) in [4.78, 5) is 0. The predicted molar refractivity (Wildman–Crippen MR) is 58.8 cm³/mol. The molecule has 15 heavy (non-hydrogen) atoms. The van der Waals surface area contributed by atoms with Crippen LogP contribution in [0, 0.1) is 5.92 Å². The third-order valence-electron chi connectivity index (χ3n) is 4.92. The van der Waals surface area contributed by atoms with Gasteiger partial charge in [0.1, 0.15) is 5.60 Å². The summed E-state index contributed by atoms with van der Waals surface area (Å²) in [5.41, 5.74) is 0.242. The minimum absolute atomic E-state index is 0.115. The molecular formula is C13H22O2. The quantitative estimate of drug-likeness (QED) is 0.697. The van der Waals surface area contributed by atoms with Crippen molar-refractivity contribution < 1.29 is 9.47 Å². The number of fused-ring (bicyclic) bond motifs is 2. The van der Waals surface area contributed by atoms with Gasteiger partial charge in [-0.1, -0.05) is 19.3 Å². The van der Waals surface area contributed by atoms with E-state index in [4.69, 9.17) is 9.47 Å². The van der Waals surface area contributed by atoms with Crippen molar-refractivity contribution in [3.8, 4) is 0 Å². The van der Waals surface area contributed by atoms with Gasteiger partial charge in [0.05, 0.1) is 12.2 Å². The largest absolute Gasteiger partial charge is 0.372 e. The lowest BCUT2D eigenvalue weighted by molar-refractivity contribution is -0.206. The molecule has 0 aromatic heterocycles. The van der Waals surface area contributed by atoms with Crippen LogP contribution in [0.15, 0.2) is 0 Å². The summed E-state index contributed by atoms with van der Waals surface area (Å²) in [6.07, 6.45) is 9.10. The molecule has 3 rings (SSSR count). The van der Waals surface area contributed by atoms with Gasteiger partial charge in [0.2, 0.25) is 0 Å². The normalized spacial score (nSPS) is 42.6. The van der Waals surface area contributed by atoms with Gasteiger partial charge >= 0.3 is 0 Å². The predicted octanol–water partition coefficient (Wildman–Crippen LogP) is 2.90. The standard InChI is InChI=1S/C13H22O2/c1-2-14-13-9-6-11(13)10-15-12(13)7-4-3-5-8-12/h11H,2-10H2,1H3. The lowest BCUT2D eigenvalue weighted by Crippen LogP contribution is -2.61. The van der Waals surface area contributed by atoms with Gasteiger partial charge in [-0.25, -0.2) is 0 Å². The summed E-state index contributed by atoms with van der Waals surface area (Å²) < 4.78 is 12.4. The molecule has 1 spiro atoms. The maximum atomic E-state index is 6.20. The van der Waals surface area contributed by atoms with Crippen LogP contribution >= 0.6 is 0 Å². The zero-order valence-electron chi connectivity index (χ0n) is 9.76. The second-order valence-corrected chi connectivity index (χ2v) is 5.42. The van der Waals surface area contributed by atoms with E-state index in [1.165, 1.54) is 44.9 Å². The van der Waals surface area contributed by atoms with Crippen molar-refractivity contribution in [1.82, 2.24) is 0 Å². The molecule has 0 N–H and O–H groups in total. The van der Waals surface area contributed by atoms with E-state index in [1.54, 1.807) is 0 Å². The topological polar surface area (TPSA) is 18.5 Å². The Labute approximate surface area is 92.3 Å². The van der Waals surface area contributed by atoms with Crippen molar-refractivity contribution in [2.45, 2.75) is 63.1 Å². The molecule has 2 nitrogen and oxygen atoms in total. The van der Waals surface area contributed by atoms with E-state index >= 15 is 0 Å². The van der Waals surface area contributed by atoms with E-state index in [-0.39, 0.29) is 11.2 Å². The highest BCUT2D eigenvalue weighted by Gasteiger charge is 2.66. The highest BCUT2D eigenvalue weighted by atomic mass is 16.6. The van der Waals surface area contributed by atoms with Crippen molar-refractivity contribution >= 4 is 0 Å². The second-order valence-electron chi connectivity index (χ2n) is 5.42. The van der Waals surface area contributed by atoms with Crippen LogP contribution in [-0.2, 0) is 9.47 Å². The van der Waals surface area contributed by atoms with Crippen molar-refractivity contribution in [1.29, 1.82) is 0 Å². The Hall–Kier alpha value is -0.0800.